The molecular formula is C18H24N6O5S. The maximum Gasteiger partial charge on any atom is 0.272 e. The first-order valence-corrected chi connectivity index (χ1v) is 10.4. The molecule has 1 aromatic heterocycles. The lowest BCUT2D eigenvalue weighted by molar-refractivity contribution is -0.120. The number of guanidine groups is 1. The van der Waals surface area contributed by atoms with Crippen molar-refractivity contribution in [1.29, 1.82) is 0 Å². The van der Waals surface area contributed by atoms with E-state index in [1.807, 2.05) is 0 Å². The van der Waals surface area contributed by atoms with Crippen LogP contribution in [0.1, 0.15) is 16.8 Å². The first kappa shape index (κ1) is 22.7. The van der Waals surface area contributed by atoms with Crippen LogP contribution in [0, 0.1) is 13.8 Å². The van der Waals surface area contributed by atoms with Crippen LogP contribution in [-0.2, 0) is 26.1 Å². The van der Waals surface area contributed by atoms with Gasteiger partial charge in [-0.1, -0.05) is 18.2 Å². The van der Waals surface area contributed by atoms with E-state index in [0.29, 0.717) is 11.3 Å². The number of rotatable bonds is 9. The van der Waals surface area contributed by atoms with Crippen molar-refractivity contribution in [2.75, 3.05) is 17.9 Å². The van der Waals surface area contributed by atoms with Gasteiger partial charge in [0.25, 0.3) is 15.6 Å². The molecule has 0 unspecified atom stereocenters. The van der Waals surface area contributed by atoms with E-state index in [1.54, 1.807) is 32.0 Å². The molecule has 12 heteroatoms. The van der Waals surface area contributed by atoms with E-state index in [-0.39, 0.29) is 41.7 Å². The summed E-state index contributed by atoms with van der Waals surface area (Å²) in [6.45, 7) is 3.42. The topological polar surface area (TPSA) is 182 Å². The number of amides is 1. The standard InChI is InChI=1S/C18H24N6O5S/c1-11-5-3-4-6-14(11)30(27,28)24-16-13(9-12(2)22-17(16)26)10-15(25)21-7-8-29-23-18(19)20/h3-6,9,24H,7-8,10H2,1-2H3,(H,21,25)(H,22,26)(H4,19,20,23). The van der Waals surface area contributed by atoms with Crippen LogP contribution in [-0.4, -0.2) is 38.4 Å². The minimum Gasteiger partial charge on any atom is -0.391 e. The first-order valence-electron chi connectivity index (χ1n) is 8.89. The van der Waals surface area contributed by atoms with Gasteiger partial charge in [0.1, 0.15) is 12.3 Å². The Morgan fingerprint density at radius 3 is 2.60 bits per heavy atom. The zero-order chi connectivity index (χ0) is 22.3. The number of aromatic amines is 1. The second-order valence-corrected chi connectivity index (χ2v) is 8.08. The smallest absolute Gasteiger partial charge is 0.272 e. The fourth-order valence-corrected chi connectivity index (χ4v) is 4.00. The molecule has 0 saturated carbocycles. The van der Waals surface area contributed by atoms with E-state index < -0.39 is 21.5 Å². The third kappa shape index (κ3) is 6.24. The fraction of sp³-hybridized carbons (Fsp3) is 0.278. The molecule has 2 aromatic rings. The molecule has 0 aliphatic rings. The monoisotopic (exact) mass is 436 g/mol. The zero-order valence-corrected chi connectivity index (χ0v) is 17.4. The number of carbonyl (C=O) groups excluding carboxylic acids is 1. The molecule has 1 amide bonds. The predicted octanol–water partition coefficient (Wildman–Crippen LogP) is -0.344. The fourth-order valence-electron chi connectivity index (χ4n) is 2.65. The normalized spacial score (nSPS) is 10.9. The molecule has 1 heterocycles. The summed E-state index contributed by atoms with van der Waals surface area (Å²) >= 11 is 0. The van der Waals surface area contributed by atoms with Gasteiger partial charge in [0, 0.05) is 5.69 Å². The van der Waals surface area contributed by atoms with Gasteiger partial charge in [-0.15, -0.1) is 0 Å². The lowest BCUT2D eigenvalue weighted by Gasteiger charge is -2.14. The highest BCUT2D eigenvalue weighted by atomic mass is 32.2. The Kier molecular flexibility index (Phi) is 7.42. The second-order valence-electron chi connectivity index (χ2n) is 6.43. The van der Waals surface area contributed by atoms with Gasteiger partial charge in [-0.2, -0.15) is 0 Å². The number of H-pyrrole nitrogens is 1. The van der Waals surface area contributed by atoms with Crippen molar-refractivity contribution < 1.29 is 18.0 Å². The summed E-state index contributed by atoms with van der Waals surface area (Å²) in [5, 5.41) is 5.89. The van der Waals surface area contributed by atoms with Gasteiger partial charge in [0.15, 0.2) is 0 Å². The summed E-state index contributed by atoms with van der Waals surface area (Å²) in [6, 6.07) is 7.90. The van der Waals surface area contributed by atoms with E-state index in [1.165, 1.54) is 12.1 Å². The molecule has 0 bridgehead atoms. The Hall–Kier alpha value is -3.54. The molecule has 162 valence electrons. The molecule has 0 atom stereocenters. The van der Waals surface area contributed by atoms with Crippen LogP contribution in [0.2, 0.25) is 0 Å². The number of anilines is 1. The number of hydrogen-bond donors (Lipinski definition) is 5. The lowest BCUT2D eigenvalue weighted by Crippen LogP contribution is -2.30. The summed E-state index contributed by atoms with van der Waals surface area (Å²) in [6.07, 6.45) is -0.224. The van der Waals surface area contributed by atoms with Crippen LogP contribution in [0.4, 0.5) is 5.69 Å². The Morgan fingerprint density at radius 2 is 1.93 bits per heavy atom. The maximum atomic E-state index is 12.8. The molecular weight excluding hydrogens is 412 g/mol. The molecule has 2 rings (SSSR count). The molecule has 0 fully saturated rings. The van der Waals surface area contributed by atoms with Crippen molar-refractivity contribution in [3.05, 3.63) is 57.5 Å². The summed E-state index contributed by atoms with van der Waals surface area (Å²) in [4.78, 5) is 32.0. The van der Waals surface area contributed by atoms with Crippen molar-refractivity contribution in [2.45, 2.75) is 25.2 Å². The van der Waals surface area contributed by atoms with Gasteiger partial charge >= 0.3 is 0 Å². The number of aromatic nitrogens is 1. The van der Waals surface area contributed by atoms with E-state index in [9.17, 15) is 18.0 Å². The van der Waals surface area contributed by atoms with Crippen LogP contribution in [0.15, 0.2) is 45.2 Å². The maximum absolute atomic E-state index is 12.8. The Balaban J connectivity index is 2.20. The number of aryl methyl sites for hydroxylation is 2. The van der Waals surface area contributed by atoms with Crippen molar-refractivity contribution in [3.63, 3.8) is 0 Å². The minimum atomic E-state index is -4.03. The lowest BCUT2D eigenvalue weighted by atomic mass is 10.1. The highest BCUT2D eigenvalue weighted by molar-refractivity contribution is 7.92. The highest BCUT2D eigenvalue weighted by Gasteiger charge is 2.21. The van der Waals surface area contributed by atoms with E-state index in [2.05, 4.69) is 20.2 Å². The zero-order valence-electron chi connectivity index (χ0n) is 16.6. The number of hydrogen-bond acceptors (Lipinski definition) is 6. The number of oxime groups is 1. The number of nitrogens with one attached hydrogen (secondary N) is 3. The van der Waals surface area contributed by atoms with Crippen LogP contribution >= 0.6 is 0 Å². The summed E-state index contributed by atoms with van der Waals surface area (Å²) < 4.78 is 27.9. The van der Waals surface area contributed by atoms with Crippen molar-refractivity contribution >= 4 is 27.6 Å². The molecule has 0 saturated heterocycles. The molecule has 0 aliphatic heterocycles. The summed E-state index contributed by atoms with van der Waals surface area (Å²) in [7, 11) is -4.03. The third-order valence-electron chi connectivity index (χ3n) is 3.91. The number of benzene rings is 1. The van der Waals surface area contributed by atoms with Gasteiger partial charge in [0.2, 0.25) is 11.9 Å². The molecule has 0 spiro atoms. The van der Waals surface area contributed by atoms with Crippen LogP contribution < -0.4 is 27.1 Å². The van der Waals surface area contributed by atoms with Crippen molar-refractivity contribution in [2.24, 2.45) is 16.6 Å². The highest BCUT2D eigenvalue weighted by Crippen LogP contribution is 2.20. The van der Waals surface area contributed by atoms with E-state index in [4.69, 9.17) is 16.3 Å². The average Bonchev–Trinajstić information content (AvgIpc) is 2.64. The van der Waals surface area contributed by atoms with Gasteiger partial charge in [-0.3, -0.25) is 14.3 Å². The Bertz CT molecular complexity index is 1110. The first-order chi connectivity index (χ1) is 14.1. The number of pyridine rings is 1. The largest absolute Gasteiger partial charge is 0.391 e. The van der Waals surface area contributed by atoms with Gasteiger partial charge in [-0.05, 0) is 42.3 Å². The minimum absolute atomic E-state index is 0.0326. The van der Waals surface area contributed by atoms with Crippen molar-refractivity contribution in [3.8, 4) is 0 Å². The quantitative estimate of drug-likeness (QED) is 0.154. The number of sulfonamides is 1. The summed E-state index contributed by atoms with van der Waals surface area (Å²) in [5.74, 6) is -0.685. The average molecular weight is 436 g/mol. The van der Waals surface area contributed by atoms with Gasteiger partial charge < -0.3 is 26.6 Å². The molecule has 30 heavy (non-hydrogen) atoms. The molecule has 1 aromatic carbocycles. The molecule has 7 N–H and O–H groups in total. The number of carbonyl (C=O) groups is 1. The number of nitrogens with zero attached hydrogens (tertiary/aromatic N) is 1. The second kappa shape index (κ2) is 9.78. The molecule has 0 radical (unpaired) electrons. The van der Waals surface area contributed by atoms with Crippen molar-refractivity contribution in [1.82, 2.24) is 10.3 Å². The van der Waals surface area contributed by atoms with Crippen LogP contribution in [0.5, 0.6) is 0 Å². The SMILES string of the molecule is Cc1cc(CC(=O)NCCON=C(N)N)c(NS(=O)(=O)c2ccccc2C)c(=O)[nH]1. The van der Waals surface area contributed by atoms with Gasteiger partial charge in [-0.25, -0.2) is 8.42 Å². The third-order valence-corrected chi connectivity index (χ3v) is 5.42. The summed E-state index contributed by atoms with van der Waals surface area (Å²) in [5.41, 5.74) is 10.6. The molecule has 11 nitrogen and oxygen atoms in total. The molecule has 0 aliphatic carbocycles. The predicted molar refractivity (Wildman–Crippen MR) is 112 cm³/mol. The van der Waals surface area contributed by atoms with Crippen LogP contribution in [0.3, 0.4) is 0 Å². The van der Waals surface area contributed by atoms with E-state index in [0.717, 1.165) is 0 Å². The Labute approximate surface area is 173 Å². The van der Waals surface area contributed by atoms with Gasteiger partial charge in [0.05, 0.1) is 17.9 Å². The van der Waals surface area contributed by atoms with Crippen LogP contribution in [0.25, 0.3) is 0 Å². The van der Waals surface area contributed by atoms with E-state index >= 15 is 0 Å². The Morgan fingerprint density at radius 1 is 1.23 bits per heavy atom. The number of nitrogens with two attached hydrogens (primary N) is 2.